The van der Waals surface area contributed by atoms with Crippen LogP contribution in [0, 0.1) is 5.82 Å². The van der Waals surface area contributed by atoms with Gasteiger partial charge in [0, 0.05) is 18.3 Å². The fraction of sp³-hybridized carbons (Fsp3) is 0.0769. The van der Waals surface area contributed by atoms with Gasteiger partial charge in [-0.3, -0.25) is 9.78 Å². The Balaban J connectivity index is 2.03. The first-order valence-electron chi connectivity index (χ1n) is 5.32. The van der Waals surface area contributed by atoms with Crippen molar-refractivity contribution < 1.29 is 14.3 Å². The van der Waals surface area contributed by atoms with Gasteiger partial charge in [0.15, 0.2) is 0 Å². The monoisotopic (exact) mass is 246 g/mol. The lowest BCUT2D eigenvalue weighted by molar-refractivity contribution is 0.0950. The van der Waals surface area contributed by atoms with Gasteiger partial charge in [-0.15, -0.1) is 0 Å². The Morgan fingerprint density at radius 1 is 1.33 bits per heavy atom. The summed E-state index contributed by atoms with van der Waals surface area (Å²) < 4.78 is 13.3. The van der Waals surface area contributed by atoms with E-state index in [-0.39, 0.29) is 23.7 Å². The molecule has 0 saturated carbocycles. The van der Waals surface area contributed by atoms with Crippen LogP contribution in [0.15, 0.2) is 42.7 Å². The first-order valence-corrected chi connectivity index (χ1v) is 5.32. The lowest BCUT2D eigenvalue weighted by Gasteiger charge is -2.06. The van der Waals surface area contributed by atoms with Gasteiger partial charge in [-0.1, -0.05) is 18.2 Å². The van der Waals surface area contributed by atoms with E-state index in [2.05, 4.69) is 10.3 Å². The van der Waals surface area contributed by atoms with Crippen LogP contribution < -0.4 is 5.32 Å². The van der Waals surface area contributed by atoms with E-state index < -0.39 is 5.91 Å². The minimum atomic E-state index is -0.415. The number of nitrogens with zero attached hydrogens (tertiary/aromatic N) is 1. The first-order chi connectivity index (χ1) is 8.66. The Bertz CT molecular complexity index is 572. The van der Waals surface area contributed by atoms with Crippen molar-refractivity contribution in [3.8, 4) is 5.75 Å². The second-order valence-corrected chi connectivity index (χ2v) is 3.71. The predicted molar refractivity (Wildman–Crippen MR) is 63.5 cm³/mol. The number of halogens is 1. The summed E-state index contributed by atoms with van der Waals surface area (Å²) >= 11 is 0. The van der Waals surface area contributed by atoms with Crippen LogP contribution in [0.1, 0.15) is 15.9 Å². The molecule has 18 heavy (non-hydrogen) atoms. The first kappa shape index (κ1) is 12.0. The summed E-state index contributed by atoms with van der Waals surface area (Å²) in [4.78, 5) is 15.4. The number of carbonyl (C=O) groups excluding carboxylic acids is 1. The van der Waals surface area contributed by atoms with E-state index in [9.17, 15) is 14.3 Å². The quantitative estimate of drug-likeness (QED) is 0.868. The number of nitrogens with one attached hydrogen (secondary N) is 1. The number of aromatic nitrogens is 1. The largest absolute Gasteiger partial charge is 0.506 e. The van der Waals surface area contributed by atoms with E-state index in [1.54, 1.807) is 18.2 Å². The molecule has 4 nitrogen and oxygen atoms in total. The summed E-state index contributed by atoms with van der Waals surface area (Å²) in [5.41, 5.74) is 0.630. The maximum atomic E-state index is 13.3. The molecule has 0 radical (unpaired) electrons. The highest BCUT2D eigenvalue weighted by atomic mass is 19.1. The topological polar surface area (TPSA) is 62.2 Å². The Labute approximate surface area is 103 Å². The molecule has 0 aliphatic heterocycles. The third-order valence-corrected chi connectivity index (χ3v) is 2.38. The molecule has 0 unspecified atom stereocenters. The number of hydrogen-bond donors (Lipinski definition) is 2. The smallest absolute Gasteiger partial charge is 0.253 e. The molecule has 2 rings (SSSR count). The van der Waals surface area contributed by atoms with Crippen molar-refractivity contribution in [2.45, 2.75) is 6.54 Å². The fourth-order valence-corrected chi connectivity index (χ4v) is 1.47. The van der Waals surface area contributed by atoms with Crippen molar-refractivity contribution in [1.82, 2.24) is 10.3 Å². The molecule has 2 N–H and O–H groups in total. The maximum Gasteiger partial charge on any atom is 0.253 e. The van der Waals surface area contributed by atoms with Gasteiger partial charge in [-0.25, -0.2) is 4.39 Å². The molecule has 5 heteroatoms. The SMILES string of the molecule is O=C(NCc1ccccc1F)c1cncc(O)c1. The Kier molecular flexibility index (Phi) is 3.52. The molecule has 92 valence electrons. The van der Waals surface area contributed by atoms with Gasteiger partial charge in [-0.05, 0) is 12.1 Å². The maximum absolute atomic E-state index is 13.3. The minimum absolute atomic E-state index is 0.0845. The summed E-state index contributed by atoms with van der Waals surface area (Å²) in [6, 6.07) is 7.50. The van der Waals surface area contributed by atoms with Crippen molar-refractivity contribution in [1.29, 1.82) is 0 Å². The molecule has 1 amide bonds. The highest BCUT2D eigenvalue weighted by molar-refractivity contribution is 5.94. The van der Waals surface area contributed by atoms with Crippen molar-refractivity contribution in [3.05, 3.63) is 59.7 Å². The summed E-state index contributed by atoms with van der Waals surface area (Å²) in [5, 5.41) is 11.7. The number of pyridine rings is 1. The third kappa shape index (κ3) is 2.82. The normalized spacial score (nSPS) is 10.1. The molecule has 1 heterocycles. The van der Waals surface area contributed by atoms with E-state index >= 15 is 0 Å². The van der Waals surface area contributed by atoms with E-state index in [4.69, 9.17) is 0 Å². The predicted octanol–water partition coefficient (Wildman–Crippen LogP) is 1.86. The molecule has 1 aromatic carbocycles. The van der Waals surface area contributed by atoms with Gasteiger partial charge in [0.2, 0.25) is 0 Å². The van der Waals surface area contributed by atoms with Gasteiger partial charge in [0.05, 0.1) is 11.8 Å². The minimum Gasteiger partial charge on any atom is -0.506 e. The summed E-state index contributed by atoms with van der Waals surface area (Å²) in [5.74, 6) is -0.873. The summed E-state index contributed by atoms with van der Waals surface area (Å²) in [7, 11) is 0. The van der Waals surface area contributed by atoms with Crippen molar-refractivity contribution in [2.24, 2.45) is 0 Å². The van der Waals surface area contributed by atoms with E-state index in [0.717, 1.165) is 0 Å². The lowest BCUT2D eigenvalue weighted by Crippen LogP contribution is -2.23. The van der Waals surface area contributed by atoms with Crippen molar-refractivity contribution in [3.63, 3.8) is 0 Å². The van der Waals surface area contributed by atoms with Crippen molar-refractivity contribution in [2.75, 3.05) is 0 Å². The standard InChI is InChI=1S/C13H11FN2O2/c14-12-4-2-1-3-9(12)7-16-13(18)10-5-11(17)8-15-6-10/h1-6,8,17H,7H2,(H,16,18). The van der Waals surface area contributed by atoms with Crippen LogP contribution in [-0.2, 0) is 6.54 Å². The number of hydrogen-bond acceptors (Lipinski definition) is 3. The van der Waals surface area contributed by atoms with E-state index in [1.807, 2.05) is 0 Å². The molecule has 1 aromatic heterocycles. The molecular weight excluding hydrogens is 235 g/mol. The number of rotatable bonds is 3. The molecule has 0 aliphatic rings. The zero-order valence-electron chi connectivity index (χ0n) is 9.43. The number of carbonyl (C=O) groups is 1. The number of amides is 1. The van der Waals surface area contributed by atoms with Crippen LogP contribution in [0.25, 0.3) is 0 Å². The highest BCUT2D eigenvalue weighted by Crippen LogP contribution is 2.09. The van der Waals surface area contributed by atoms with Crippen LogP contribution in [0.4, 0.5) is 4.39 Å². The molecule has 0 aliphatic carbocycles. The molecule has 0 spiro atoms. The second kappa shape index (κ2) is 5.27. The Hall–Kier alpha value is -2.43. The molecule has 2 aromatic rings. The zero-order valence-corrected chi connectivity index (χ0v) is 9.43. The van der Waals surface area contributed by atoms with Crippen LogP contribution >= 0.6 is 0 Å². The van der Waals surface area contributed by atoms with Gasteiger partial charge in [0.25, 0.3) is 5.91 Å². The summed E-state index contributed by atoms with van der Waals surface area (Å²) in [6.45, 7) is 0.0845. The Morgan fingerprint density at radius 3 is 2.83 bits per heavy atom. The molecule has 0 saturated heterocycles. The number of benzene rings is 1. The average molecular weight is 246 g/mol. The van der Waals surface area contributed by atoms with Crippen LogP contribution in [0.3, 0.4) is 0 Å². The van der Waals surface area contributed by atoms with Crippen LogP contribution in [0.5, 0.6) is 5.75 Å². The molecule has 0 atom stereocenters. The van der Waals surface area contributed by atoms with Gasteiger partial charge in [0.1, 0.15) is 11.6 Å². The fourth-order valence-electron chi connectivity index (χ4n) is 1.47. The van der Waals surface area contributed by atoms with Gasteiger partial charge in [-0.2, -0.15) is 0 Å². The van der Waals surface area contributed by atoms with Gasteiger partial charge < -0.3 is 10.4 Å². The van der Waals surface area contributed by atoms with Crippen molar-refractivity contribution >= 4 is 5.91 Å². The zero-order chi connectivity index (χ0) is 13.0. The van der Waals surface area contributed by atoms with Crippen LogP contribution in [0.2, 0.25) is 0 Å². The number of aromatic hydroxyl groups is 1. The van der Waals surface area contributed by atoms with Crippen LogP contribution in [-0.4, -0.2) is 16.0 Å². The second-order valence-electron chi connectivity index (χ2n) is 3.71. The highest BCUT2D eigenvalue weighted by Gasteiger charge is 2.07. The molecule has 0 fully saturated rings. The van der Waals surface area contributed by atoms with E-state index in [1.165, 1.54) is 24.5 Å². The summed E-state index contributed by atoms with van der Waals surface area (Å²) in [6.07, 6.45) is 2.56. The molecule has 0 bridgehead atoms. The average Bonchev–Trinajstić information content (AvgIpc) is 2.37. The third-order valence-electron chi connectivity index (χ3n) is 2.38. The van der Waals surface area contributed by atoms with E-state index in [0.29, 0.717) is 5.56 Å². The van der Waals surface area contributed by atoms with Gasteiger partial charge >= 0.3 is 0 Å². The Morgan fingerprint density at radius 2 is 2.11 bits per heavy atom. The lowest BCUT2D eigenvalue weighted by atomic mass is 10.2. The molecular formula is C13H11FN2O2.